The number of aryl methyl sites for hydroxylation is 1. The number of hydrogen-bond donors (Lipinski definition) is 1. The minimum Gasteiger partial charge on any atom is -0.445 e. The molecular formula is C17H22N2O2. The van der Waals surface area contributed by atoms with Crippen LogP contribution < -0.4 is 5.32 Å². The average Bonchev–Trinajstić information content (AvgIpc) is 3.16. The van der Waals surface area contributed by atoms with Gasteiger partial charge in [0.2, 0.25) is 5.89 Å². The van der Waals surface area contributed by atoms with E-state index in [1.165, 1.54) is 5.56 Å². The monoisotopic (exact) mass is 286 g/mol. The minimum atomic E-state index is 0.310. The smallest absolute Gasteiger partial charge is 0.208 e. The fraction of sp³-hybridized carbons (Fsp3) is 0.471. The van der Waals surface area contributed by atoms with Gasteiger partial charge in [0.05, 0.1) is 12.7 Å². The van der Waals surface area contributed by atoms with Crippen LogP contribution >= 0.6 is 0 Å². The maximum Gasteiger partial charge on any atom is 0.208 e. The molecular weight excluding hydrogens is 264 g/mol. The van der Waals surface area contributed by atoms with Gasteiger partial charge in [-0.05, 0) is 31.2 Å². The summed E-state index contributed by atoms with van der Waals surface area (Å²) in [6.45, 7) is 4.34. The molecule has 2 aromatic rings. The topological polar surface area (TPSA) is 47.3 Å². The van der Waals surface area contributed by atoms with Crippen molar-refractivity contribution in [2.75, 3.05) is 13.2 Å². The molecule has 4 nitrogen and oxygen atoms in total. The highest BCUT2D eigenvalue weighted by Crippen LogP contribution is 2.26. The van der Waals surface area contributed by atoms with E-state index < -0.39 is 0 Å². The zero-order chi connectivity index (χ0) is 14.5. The first kappa shape index (κ1) is 14.3. The van der Waals surface area contributed by atoms with Gasteiger partial charge in [0.25, 0.3) is 0 Å². The number of nitrogens with one attached hydrogen (secondary N) is 1. The van der Waals surface area contributed by atoms with Gasteiger partial charge in [0.1, 0.15) is 5.76 Å². The average molecular weight is 286 g/mol. The van der Waals surface area contributed by atoms with Crippen LogP contribution in [-0.2, 0) is 11.3 Å². The lowest BCUT2D eigenvalue weighted by atomic mass is 9.94. The molecule has 1 fully saturated rings. The van der Waals surface area contributed by atoms with Crippen molar-refractivity contribution in [2.24, 2.45) is 5.92 Å². The Balaban J connectivity index is 1.66. The van der Waals surface area contributed by atoms with Crippen LogP contribution in [0.3, 0.4) is 0 Å². The standard InChI is InChI=1S/C17H22N2O2/c1-13-10-19-17(21-13)11-18-16(9-14-7-8-20-12-14)15-5-3-2-4-6-15/h2-6,10,14,16,18H,7-9,11-12H2,1H3/t14-,16+/m1/s1. The van der Waals surface area contributed by atoms with E-state index in [9.17, 15) is 0 Å². The second-order valence-corrected chi connectivity index (χ2v) is 5.67. The molecule has 0 aliphatic carbocycles. The molecule has 0 bridgehead atoms. The second-order valence-electron chi connectivity index (χ2n) is 5.67. The molecule has 1 saturated heterocycles. The van der Waals surface area contributed by atoms with E-state index in [0.717, 1.165) is 37.7 Å². The maximum absolute atomic E-state index is 5.54. The Morgan fingerprint density at radius 1 is 1.33 bits per heavy atom. The third kappa shape index (κ3) is 3.93. The van der Waals surface area contributed by atoms with Crippen LogP contribution in [0.5, 0.6) is 0 Å². The number of hydrogen-bond acceptors (Lipinski definition) is 4. The van der Waals surface area contributed by atoms with Crippen molar-refractivity contribution in [3.8, 4) is 0 Å². The van der Waals surface area contributed by atoms with Gasteiger partial charge in [-0.25, -0.2) is 4.98 Å². The normalized spacial score (nSPS) is 19.8. The third-order valence-corrected chi connectivity index (χ3v) is 3.96. The molecule has 4 heteroatoms. The van der Waals surface area contributed by atoms with Crippen molar-refractivity contribution >= 4 is 0 Å². The first-order valence-electron chi connectivity index (χ1n) is 7.58. The molecule has 2 heterocycles. The number of nitrogens with zero attached hydrogens (tertiary/aromatic N) is 1. The van der Waals surface area contributed by atoms with Crippen molar-refractivity contribution in [1.29, 1.82) is 0 Å². The maximum atomic E-state index is 5.54. The lowest BCUT2D eigenvalue weighted by molar-refractivity contribution is 0.181. The van der Waals surface area contributed by atoms with Gasteiger partial charge in [-0.3, -0.25) is 0 Å². The highest BCUT2D eigenvalue weighted by atomic mass is 16.5. The van der Waals surface area contributed by atoms with E-state index in [-0.39, 0.29) is 0 Å². The van der Waals surface area contributed by atoms with Crippen LogP contribution in [0.4, 0.5) is 0 Å². The Kier molecular flexibility index (Phi) is 4.68. The predicted octanol–water partition coefficient (Wildman–Crippen LogP) is 3.24. The molecule has 112 valence electrons. The van der Waals surface area contributed by atoms with E-state index in [1.54, 1.807) is 6.20 Å². The molecule has 1 N–H and O–H groups in total. The summed E-state index contributed by atoms with van der Waals surface area (Å²) in [4.78, 5) is 4.26. The third-order valence-electron chi connectivity index (χ3n) is 3.96. The lowest BCUT2D eigenvalue weighted by Gasteiger charge is -2.21. The number of ether oxygens (including phenoxy) is 1. The van der Waals surface area contributed by atoms with Gasteiger partial charge in [-0.1, -0.05) is 30.3 Å². The van der Waals surface area contributed by atoms with E-state index in [0.29, 0.717) is 18.5 Å². The largest absolute Gasteiger partial charge is 0.445 e. The van der Waals surface area contributed by atoms with Crippen molar-refractivity contribution < 1.29 is 9.15 Å². The van der Waals surface area contributed by atoms with Crippen LogP contribution in [0.15, 0.2) is 40.9 Å². The minimum absolute atomic E-state index is 0.310. The summed E-state index contributed by atoms with van der Waals surface area (Å²) in [5, 5.41) is 3.58. The Morgan fingerprint density at radius 2 is 2.19 bits per heavy atom. The van der Waals surface area contributed by atoms with E-state index >= 15 is 0 Å². The number of benzene rings is 1. The molecule has 2 atom stereocenters. The summed E-state index contributed by atoms with van der Waals surface area (Å²) < 4.78 is 11.0. The SMILES string of the molecule is Cc1cnc(CN[C@@H](C[C@H]2CCOC2)c2ccccc2)o1. The zero-order valence-electron chi connectivity index (χ0n) is 12.4. The lowest BCUT2D eigenvalue weighted by Crippen LogP contribution is -2.24. The van der Waals surface area contributed by atoms with Gasteiger partial charge < -0.3 is 14.5 Å². The molecule has 3 rings (SSSR count). The molecule has 0 unspecified atom stereocenters. The van der Waals surface area contributed by atoms with Crippen LogP contribution in [0.1, 0.15) is 36.1 Å². The van der Waals surface area contributed by atoms with Crippen LogP contribution in [0, 0.1) is 12.8 Å². The molecule has 1 aromatic carbocycles. The molecule has 0 amide bonds. The van der Waals surface area contributed by atoms with Crippen molar-refractivity contribution in [1.82, 2.24) is 10.3 Å². The summed E-state index contributed by atoms with van der Waals surface area (Å²) >= 11 is 0. The number of oxazole rings is 1. The Hall–Kier alpha value is -1.65. The summed E-state index contributed by atoms with van der Waals surface area (Å²) in [6, 6.07) is 10.9. The highest BCUT2D eigenvalue weighted by Gasteiger charge is 2.22. The zero-order valence-corrected chi connectivity index (χ0v) is 12.4. The van der Waals surface area contributed by atoms with E-state index in [4.69, 9.17) is 9.15 Å². The first-order valence-corrected chi connectivity index (χ1v) is 7.58. The summed E-state index contributed by atoms with van der Waals surface area (Å²) in [5.41, 5.74) is 1.31. The Labute approximate surface area is 125 Å². The molecule has 0 radical (unpaired) electrons. The van der Waals surface area contributed by atoms with Gasteiger partial charge >= 0.3 is 0 Å². The molecule has 0 spiro atoms. The highest BCUT2D eigenvalue weighted by molar-refractivity contribution is 5.19. The first-order chi connectivity index (χ1) is 10.3. The van der Waals surface area contributed by atoms with Crippen molar-refractivity contribution in [3.05, 3.63) is 53.7 Å². The van der Waals surface area contributed by atoms with Gasteiger partial charge in [0, 0.05) is 19.3 Å². The molecule has 21 heavy (non-hydrogen) atoms. The van der Waals surface area contributed by atoms with Crippen molar-refractivity contribution in [2.45, 2.75) is 32.4 Å². The summed E-state index contributed by atoms with van der Waals surface area (Å²) in [5.74, 6) is 2.23. The van der Waals surface area contributed by atoms with E-state index in [1.807, 2.05) is 6.92 Å². The van der Waals surface area contributed by atoms with Gasteiger partial charge in [-0.2, -0.15) is 0 Å². The molecule has 1 aliphatic rings. The van der Waals surface area contributed by atoms with Crippen LogP contribution in [0.25, 0.3) is 0 Å². The summed E-state index contributed by atoms with van der Waals surface area (Å²) in [6.07, 6.45) is 4.01. The van der Waals surface area contributed by atoms with Crippen LogP contribution in [0.2, 0.25) is 0 Å². The number of aromatic nitrogens is 1. The van der Waals surface area contributed by atoms with Gasteiger partial charge in [0.15, 0.2) is 0 Å². The number of rotatable bonds is 6. The molecule has 0 saturated carbocycles. The van der Waals surface area contributed by atoms with E-state index in [2.05, 4.69) is 40.6 Å². The molecule has 1 aromatic heterocycles. The quantitative estimate of drug-likeness (QED) is 0.885. The summed E-state index contributed by atoms with van der Waals surface area (Å²) in [7, 11) is 0. The fourth-order valence-corrected chi connectivity index (χ4v) is 2.82. The van der Waals surface area contributed by atoms with Crippen LogP contribution in [-0.4, -0.2) is 18.2 Å². The molecule has 1 aliphatic heterocycles. The predicted molar refractivity (Wildman–Crippen MR) is 80.8 cm³/mol. The van der Waals surface area contributed by atoms with Gasteiger partial charge in [-0.15, -0.1) is 0 Å². The Morgan fingerprint density at radius 3 is 2.86 bits per heavy atom. The van der Waals surface area contributed by atoms with Crippen molar-refractivity contribution in [3.63, 3.8) is 0 Å². The fourth-order valence-electron chi connectivity index (χ4n) is 2.82. The Bertz CT molecular complexity index is 547. The second kappa shape index (κ2) is 6.87.